The maximum atomic E-state index is 11.8. The number of urea groups is 1. The zero-order valence-corrected chi connectivity index (χ0v) is 8.47. The molecule has 1 fully saturated rings. The molecule has 2 amide bonds. The largest absolute Gasteiger partial charge is 0.325 e. The van der Waals surface area contributed by atoms with E-state index in [1.165, 1.54) is 0 Å². The third kappa shape index (κ3) is 1.35. The van der Waals surface area contributed by atoms with E-state index in [0.717, 1.165) is 12.2 Å². The zero-order valence-electron chi connectivity index (χ0n) is 8.47. The van der Waals surface area contributed by atoms with Crippen LogP contribution in [0, 0.1) is 0 Å². The molecule has 1 atom stereocenters. The lowest BCUT2D eigenvalue weighted by Crippen LogP contribution is -2.32. The van der Waals surface area contributed by atoms with Gasteiger partial charge in [0.05, 0.1) is 6.04 Å². The summed E-state index contributed by atoms with van der Waals surface area (Å²) < 4.78 is 0. The normalized spacial score (nSPS) is 21.9. The lowest BCUT2D eigenvalue weighted by molar-refractivity contribution is 0.229. The first kappa shape index (κ1) is 9.06. The van der Waals surface area contributed by atoms with Crippen molar-refractivity contribution in [1.82, 2.24) is 4.90 Å². The third-order valence-corrected chi connectivity index (χ3v) is 2.55. The lowest BCUT2D eigenvalue weighted by Gasteiger charge is -2.19. The number of amides is 2. The zero-order chi connectivity index (χ0) is 10.1. The minimum Gasteiger partial charge on any atom is -0.325 e. The molecule has 1 aromatic rings. The van der Waals surface area contributed by atoms with Crippen molar-refractivity contribution in [1.29, 1.82) is 0 Å². The van der Waals surface area contributed by atoms with E-state index in [4.69, 9.17) is 0 Å². The van der Waals surface area contributed by atoms with Crippen molar-refractivity contribution in [3.63, 3.8) is 0 Å². The van der Waals surface area contributed by atoms with Crippen molar-refractivity contribution in [3.8, 4) is 0 Å². The van der Waals surface area contributed by atoms with Gasteiger partial charge in [-0.15, -0.1) is 0 Å². The first-order valence-electron chi connectivity index (χ1n) is 4.79. The fourth-order valence-corrected chi connectivity index (χ4v) is 1.88. The second-order valence-electron chi connectivity index (χ2n) is 3.72. The van der Waals surface area contributed by atoms with Crippen LogP contribution in [-0.4, -0.2) is 30.6 Å². The molecule has 14 heavy (non-hydrogen) atoms. The number of hydrogen-bond acceptors (Lipinski definition) is 1. The van der Waals surface area contributed by atoms with Gasteiger partial charge in [0.2, 0.25) is 0 Å². The third-order valence-electron chi connectivity index (χ3n) is 2.55. The number of anilines is 1. The van der Waals surface area contributed by atoms with Crippen molar-refractivity contribution in [2.24, 2.45) is 0 Å². The molecule has 1 aliphatic rings. The molecule has 0 spiro atoms. The molecule has 0 radical (unpaired) electrons. The van der Waals surface area contributed by atoms with Crippen LogP contribution in [0.4, 0.5) is 10.5 Å². The molecular formula is C11H14N2O. The summed E-state index contributed by atoms with van der Waals surface area (Å²) in [6.07, 6.45) is 0. The Labute approximate surface area is 83.9 Å². The maximum absolute atomic E-state index is 11.8. The number of hydrogen-bond donors (Lipinski definition) is 0. The quantitative estimate of drug-likeness (QED) is 0.664. The molecule has 3 heteroatoms. The molecule has 1 heterocycles. The predicted octanol–water partition coefficient (Wildman–Crippen LogP) is 1.95. The minimum absolute atomic E-state index is 0.0868. The molecule has 0 aromatic heterocycles. The van der Waals surface area contributed by atoms with Gasteiger partial charge in [-0.3, -0.25) is 4.90 Å². The number of rotatable bonds is 1. The Morgan fingerprint density at radius 1 is 1.29 bits per heavy atom. The molecule has 1 saturated heterocycles. The first-order valence-corrected chi connectivity index (χ1v) is 4.79. The Kier molecular flexibility index (Phi) is 2.15. The molecule has 2 rings (SSSR count). The fraction of sp³-hybridized carbons (Fsp3) is 0.364. The molecule has 0 saturated carbocycles. The molecule has 74 valence electrons. The van der Waals surface area contributed by atoms with E-state index in [1.807, 2.05) is 42.3 Å². The Balaban J connectivity index is 2.31. The number of benzene rings is 1. The van der Waals surface area contributed by atoms with Gasteiger partial charge in [-0.25, -0.2) is 4.79 Å². The van der Waals surface area contributed by atoms with Crippen LogP contribution in [0.5, 0.6) is 0 Å². The average Bonchev–Trinajstić information content (AvgIpc) is 2.43. The van der Waals surface area contributed by atoms with Gasteiger partial charge in [-0.2, -0.15) is 0 Å². The molecule has 1 aromatic carbocycles. The summed E-state index contributed by atoms with van der Waals surface area (Å²) in [6.45, 7) is 2.86. The van der Waals surface area contributed by atoms with Gasteiger partial charge in [0, 0.05) is 19.3 Å². The highest BCUT2D eigenvalue weighted by Gasteiger charge is 2.32. The van der Waals surface area contributed by atoms with Gasteiger partial charge in [-0.05, 0) is 19.1 Å². The predicted molar refractivity (Wildman–Crippen MR) is 56.4 cm³/mol. The van der Waals surface area contributed by atoms with Crippen molar-refractivity contribution in [2.75, 3.05) is 18.5 Å². The van der Waals surface area contributed by atoms with Crippen molar-refractivity contribution in [2.45, 2.75) is 13.0 Å². The van der Waals surface area contributed by atoms with Crippen LogP contribution in [0.3, 0.4) is 0 Å². The molecule has 0 unspecified atom stereocenters. The van der Waals surface area contributed by atoms with E-state index in [-0.39, 0.29) is 12.1 Å². The highest BCUT2D eigenvalue weighted by atomic mass is 16.2. The topological polar surface area (TPSA) is 23.6 Å². The summed E-state index contributed by atoms with van der Waals surface area (Å²) in [5.74, 6) is 0. The second-order valence-corrected chi connectivity index (χ2v) is 3.72. The summed E-state index contributed by atoms with van der Waals surface area (Å²) in [5, 5.41) is 0. The second kappa shape index (κ2) is 3.33. The van der Waals surface area contributed by atoms with Crippen LogP contribution < -0.4 is 4.90 Å². The van der Waals surface area contributed by atoms with E-state index in [2.05, 4.69) is 6.92 Å². The average molecular weight is 190 g/mol. The van der Waals surface area contributed by atoms with Gasteiger partial charge < -0.3 is 4.90 Å². The van der Waals surface area contributed by atoms with E-state index in [0.29, 0.717) is 0 Å². The Bertz CT molecular complexity index is 336. The summed E-state index contributed by atoms with van der Waals surface area (Å²) in [6, 6.07) is 10.1. The van der Waals surface area contributed by atoms with Crippen LogP contribution >= 0.6 is 0 Å². The Morgan fingerprint density at radius 2 is 1.93 bits per heavy atom. The van der Waals surface area contributed by atoms with Gasteiger partial charge in [-0.1, -0.05) is 18.2 Å². The molecule has 3 nitrogen and oxygen atoms in total. The smallest absolute Gasteiger partial charge is 0.324 e. The molecule has 1 aliphatic heterocycles. The van der Waals surface area contributed by atoms with Gasteiger partial charge in [0.25, 0.3) is 0 Å². The van der Waals surface area contributed by atoms with Crippen LogP contribution in [0.15, 0.2) is 30.3 Å². The van der Waals surface area contributed by atoms with E-state index >= 15 is 0 Å². The van der Waals surface area contributed by atoms with Crippen molar-refractivity contribution in [3.05, 3.63) is 30.3 Å². The standard InChI is InChI=1S/C11H14N2O/c1-9-8-12(2)11(14)13(9)10-6-4-3-5-7-10/h3-7,9H,8H2,1-2H3/t9-/m1/s1. The van der Waals surface area contributed by atoms with E-state index in [1.54, 1.807) is 4.90 Å². The Morgan fingerprint density at radius 3 is 2.43 bits per heavy atom. The summed E-state index contributed by atoms with van der Waals surface area (Å²) in [7, 11) is 1.84. The molecule has 0 bridgehead atoms. The van der Waals surface area contributed by atoms with E-state index in [9.17, 15) is 4.79 Å². The number of carbonyl (C=O) groups is 1. The number of likely N-dealkylation sites (N-methyl/N-ethyl adjacent to an activating group) is 1. The van der Waals surface area contributed by atoms with Crippen LogP contribution in [0.1, 0.15) is 6.92 Å². The molecular weight excluding hydrogens is 176 g/mol. The van der Waals surface area contributed by atoms with Gasteiger partial charge >= 0.3 is 6.03 Å². The highest BCUT2D eigenvalue weighted by molar-refractivity contribution is 5.94. The first-order chi connectivity index (χ1) is 6.70. The van der Waals surface area contributed by atoms with Gasteiger partial charge in [0.1, 0.15) is 0 Å². The minimum atomic E-state index is 0.0868. The van der Waals surface area contributed by atoms with Crippen LogP contribution in [0.2, 0.25) is 0 Å². The fourth-order valence-electron chi connectivity index (χ4n) is 1.88. The maximum Gasteiger partial charge on any atom is 0.324 e. The summed E-state index contributed by atoms with van der Waals surface area (Å²) >= 11 is 0. The Hall–Kier alpha value is -1.51. The van der Waals surface area contributed by atoms with Crippen LogP contribution in [-0.2, 0) is 0 Å². The van der Waals surface area contributed by atoms with Crippen molar-refractivity contribution < 1.29 is 4.79 Å². The highest BCUT2D eigenvalue weighted by Crippen LogP contribution is 2.22. The molecule has 0 N–H and O–H groups in total. The number of carbonyl (C=O) groups excluding carboxylic acids is 1. The molecule has 0 aliphatic carbocycles. The van der Waals surface area contributed by atoms with E-state index < -0.39 is 0 Å². The monoisotopic (exact) mass is 190 g/mol. The number of nitrogens with zero attached hydrogens (tertiary/aromatic N) is 2. The SMILES string of the molecule is C[C@@H]1CN(C)C(=O)N1c1ccccc1. The lowest BCUT2D eigenvalue weighted by atomic mass is 10.2. The summed E-state index contributed by atoms with van der Waals surface area (Å²) in [5.41, 5.74) is 0.981. The number of para-hydroxylation sites is 1. The van der Waals surface area contributed by atoms with Gasteiger partial charge in [0.15, 0.2) is 0 Å². The van der Waals surface area contributed by atoms with Crippen LogP contribution in [0.25, 0.3) is 0 Å². The van der Waals surface area contributed by atoms with Crippen molar-refractivity contribution >= 4 is 11.7 Å². The summed E-state index contributed by atoms with van der Waals surface area (Å²) in [4.78, 5) is 15.3.